The molecule has 0 unspecified atom stereocenters. The number of rotatable bonds is 5. The van der Waals surface area contributed by atoms with Gasteiger partial charge in [0.2, 0.25) is 0 Å². The van der Waals surface area contributed by atoms with E-state index in [4.69, 9.17) is 9.72 Å². The maximum absolute atomic E-state index is 13.7. The van der Waals surface area contributed by atoms with Gasteiger partial charge in [-0.15, -0.1) is 11.3 Å². The zero-order valence-corrected chi connectivity index (χ0v) is 19.3. The summed E-state index contributed by atoms with van der Waals surface area (Å²) in [5.74, 6) is 0.375. The van der Waals surface area contributed by atoms with Crippen molar-refractivity contribution in [3.8, 4) is 0 Å². The Labute approximate surface area is 189 Å². The van der Waals surface area contributed by atoms with Gasteiger partial charge in [0.05, 0.1) is 18.1 Å². The monoisotopic (exact) mass is 454 g/mol. The highest BCUT2D eigenvalue weighted by Gasteiger charge is 2.27. The summed E-state index contributed by atoms with van der Waals surface area (Å²) in [7, 11) is 1.39. The Morgan fingerprint density at radius 2 is 1.90 bits per heavy atom. The summed E-state index contributed by atoms with van der Waals surface area (Å²) in [5, 5.41) is 1.72. The number of fused-ring (bicyclic) bond motifs is 3. The third-order valence-corrected chi connectivity index (χ3v) is 8.63. The minimum Gasteiger partial charge on any atom is -0.465 e. The molecule has 0 amide bonds. The molecular formula is C24H26N2O3S2. The highest BCUT2D eigenvalue weighted by molar-refractivity contribution is 7.98. The van der Waals surface area contributed by atoms with Crippen LogP contribution in [0, 0.1) is 0 Å². The second-order valence-corrected chi connectivity index (χ2v) is 10.4. The summed E-state index contributed by atoms with van der Waals surface area (Å²) in [5.41, 5.74) is 3.07. The standard InChI is InChI=1S/C24H26N2O3S2/c1-29-23(28)16-12-10-15(11-13-16)14-30-24-25-21-20(18-8-4-5-9-19(18)31-21)22(27)26(24)17-6-2-3-7-17/h10-13,17H,2-9,14H2,1H3. The molecule has 1 saturated carbocycles. The van der Waals surface area contributed by atoms with E-state index in [9.17, 15) is 9.59 Å². The molecule has 7 heteroatoms. The Kier molecular flexibility index (Phi) is 5.89. The molecule has 1 aromatic carbocycles. The van der Waals surface area contributed by atoms with Gasteiger partial charge in [0.25, 0.3) is 5.56 Å². The fourth-order valence-corrected chi connectivity index (χ4v) is 7.11. The first kappa shape index (κ1) is 20.8. The molecule has 1 fully saturated rings. The van der Waals surface area contributed by atoms with E-state index in [1.165, 1.54) is 43.2 Å². The van der Waals surface area contributed by atoms with E-state index in [0.717, 1.165) is 46.6 Å². The van der Waals surface area contributed by atoms with E-state index in [1.54, 1.807) is 35.2 Å². The van der Waals surface area contributed by atoms with Crippen molar-refractivity contribution in [1.82, 2.24) is 9.55 Å². The number of ether oxygens (including phenoxy) is 1. The van der Waals surface area contributed by atoms with Gasteiger partial charge in [0, 0.05) is 16.7 Å². The SMILES string of the molecule is COC(=O)c1ccc(CSc2nc3sc4c(c3c(=O)n2C2CCCC2)CCCC4)cc1. The van der Waals surface area contributed by atoms with Gasteiger partial charge < -0.3 is 4.74 Å². The number of benzene rings is 1. The molecule has 0 bridgehead atoms. The second kappa shape index (κ2) is 8.79. The van der Waals surface area contributed by atoms with Crippen molar-refractivity contribution in [1.29, 1.82) is 0 Å². The van der Waals surface area contributed by atoms with E-state index in [0.29, 0.717) is 11.3 Å². The van der Waals surface area contributed by atoms with Crippen molar-refractivity contribution >= 4 is 39.3 Å². The van der Waals surface area contributed by atoms with Crippen LogP contribution in [0.3, 0.4) is 0 Å². The molecule has 2 aliphatic rings. The summed E-state index contributed by atoms with van der Waals surface area (Å²) in [4.78, 5) is 32.7. The van der Waals surface area contributed by atoms with E-state index < -0.39 is 0 Å². The van der Waals surface area contributed by atoms with Crippen molar-refractivity contribution in [2.24, 2.45) is 0 Å². The predicted molar refractivity (Wildman–Crippen MR) is 125 cm³/mol. The predicted octanol–water partition coefficient (Wildman–Crippen LogP) is 5.53. The quantitative estimate of drug-likeness (QED) is 0.288. The zero-order chi connectivity index (χ0) is 21.4. The van der Waals surface area contributed by atoms with Gasteiger partial charge in [-0.2, -0.15) is 0 Å². The Morgan fingerprint density at radius 1 is 1.16 bits per heavy atom. The molecule has 162 valence electrons. The molecule has 0 spiro atoms. The number of carbonyl (C=O) groups excluding carboxylic acids is 1. The molecule has 5 rings (SSSR count). The lowest BCUT2D eigenvalue weighted by atomic mass is 9.97. The number of hydrogen-bond acceptors (Lipinski definition) is 6. The smallest absolute Gasteiger partial charge is 0.337 e. The maximum atomic E-state index is 13.7. The molecule has 2 aromatic heterocycles. The molecule has 0 aliphatic heterocycles. The number of thiophene rings is 1. The Hall–Kier alpha value is -2.12. The molecular weight excluding hydrogens is 428 g/mol. The summed E-state index contributed by atoms with van der Waals surface area (Å²) in [6.07, 6.45) is 8.93. The van der Waals surface area contributed by atoms with Gasteiger partial charge in [-0.25, -0.2) is 9.78 Å². The first-order valence-electron chi connectivity index (χ1n) is 11.0. The average molecular weight is 455 g/mol. The number of nitrogens with zero attached hydrogens (tertiary/aromatic N) is 2. The number of esters is 1. The van der Waals surface area contributed by atoms with Crippen LogP contribution in [0.5, 0.6) is 0 Å². The van der Waals surface area contributed by atoms with Crippen LogP contribution in [0.15, 0.2) is 34.2 Å². The largest absolute Gasteiger partial charge is 0.465 e. The van der Waals surface area contributed by atoms with Crippen LogP contribution in [0.4, 0.5) is 0 Å². The maximum Gasteiger partial charge on any atom is 0.337 e. The van der Waals surface area contributed by atoms with Crippen molar-refractivity contribution in [2.75, 3.05) is 7.11 Å². The minimum atomic E-state index is -0.331. The lowest BCUT2D eigenvalue weighted by molar-refractivity contribution is 0.0600. The zero-order valence-electron chi connectivity index (χ0n) is 17.7. The minimum absolute atomic E-state index is 0.167. The third-order valence-electron chi connectivity index (χ3n) is 6.42. The lowest BCUT2D eigenvalue weighted by Gasteiger charge is -2.18. The number of methoxy groups -OCH3 is 1. The molecule has 0 radical (unpaired) electrons. The normalized spacial score (nSPS) is 16.5. The molecule has 0 saturated heterocycles. The van der Waals surface area contributed by atoms with Crippen LogP contribution in [-0.4, -0.2) is 22.6 Å². The van der Waals surface area contributed by atoms with E-state index >= 15 is 0 Å². The topological polar surface area (TPSA) is 61.2 Å². The molecule has 3 aromatic rings. The molecule has 5 nitrogen and oxygen atoms in total. The van der Waals surface area contributed by atoms with Gasteiger partial charge in [-0.3, -0.25) is 9.36 Å². The summed E-state index contributed by atoms with van der Waals surface area (Å²) in [6.45, 7) is 0. The fraction of sp³-hybridized carbons (Fsp3) is 0.458. The van der Waals surface area contributed by atoms with Gasteiger partial charge in [-0.1, -0.05) is 36.7 Å². The third kappa shape index (κ3) is 3.94. The number of thioether (sulfide) groups is 1. The molecule has 2 heterocycles. The number of aryl methyl sites for hydroxylation is 2. The van der Waals surface area contributed by atoms with E-state index in [2.05, 4.69) is 0 Å². The number of carbonyl (C=O) groups is 1. The molecule has 0 atom stereocenters. The highest BCUT2D eigenvalue weighted by atomic mass is 32.2. The van der Waals surface area contributed by atoms with Gasteiger partial charge >= 0.3 is 5.97 Å². The van der Waals surface area contributed by atoms with Crippen LogP contribution in [0.2, 0.25) is 0 Å². The molecule has 31 heavy (non-hydrogen) atoms. The average Bonchev–Trinajstić information content (AvgIpc) is 3.45. The Morgan fingerprint density at radius 3 is 2.65 bits per heavy atom. The van der Waals surface area contributed by atoms with Gasteiger partial charge in [0.1, 0.15) is 4.83 Å². The number of hydrogen-bond donors (Lipinski definition) is 0. The lowest BCUT2D eigenvalue weighted by Crippen LogP contribution is -2.26. The van der Waals surface area contributed by atoms with Crippen LogP contribution >= 0.6 is 23.1 Å². The van der Waals surface area contributed by atoms with Crippen molar-refractivity contribution < 1.29 is 9.53 Å². The highest BCUT2D eigenvalue weighted by Crippen LogP contribution is 2.37. The van der Waals surface area contributed by atoms with E-state index in [-0.39, 0.29) is 17.6 Å². The van der Waals surface area contributed by atoms with Crippen molar-refractivity contribution in [2.45, 2.75) is 68.3 Å². The van der Waals surface area contributed by atoms with E-state index in [1.807, 2.05) is 16.7 Å². The van der Waals surface area contributed by atoms with Crippen LogP contribution in [-0.2, 0) is 23.3 Å². The summed E-state index contributed by atoms with van der Waals surface area (Å²) in [6, 6.07) is 7.72. The van der Waals surface area contributed by atoms with Crippen molar-refractivity contribution in [3.63, 3.8) is 0 Å². The van der Waals surface area contributed by atoms with Crippen LogP contribution in [0.25, 0.3) is 10.2 Å². The Bertz CT molecular complexity index is 1170. The van der Waals surface area contributed by atoms with Crippen LogP contribution in [0.1, 0.15) is 70.9 Å². The molecule has 2 aliphatic carbocycles. The van der Waals surface area contributed by atoms with Crippen molar-refractivity contribution in [3.05, 3.63) is 56.2 Å². The Balaban J connectivity index is 1.50. The first-order valence-corrected chi connectivity index (χ1v) is 12.8. The number of aromatic nitrogens is 2. The van der Waals surface area contributed by atoms with Gasteiger partial charge in [-0.05, 0) is 61.8 Å². The van der Waals surface area contributed by atoms with Crippen LogP contribution < -0.4 is 5.56 Å². The summed E-state index contributed by atoms with van der Waals surface area (Å²) >= 11 is 3.34. The van der Waals surface area contributed by atoms with Gasteiger partial charge in [0.15, 0.2) is 5.16 Å². The first-order chi connectivity index (χ1) is 15.2. The fourth-order valence-electron chi connectivity index (χ4n) is 4.79. The molecule has 0 N–H and O–H groups in total. The second-order valence-electron chi connectivity index (χ2n) is 8.38. The summed E-state index contributed by atoms with van der Waals surface area (Å²) < 4.78 is 6.78.